The van der Waals surface area contributed by atoms with E-state index in [0.29, 0.717) is 16.7 Å². The van der Waals surface area contributed by atoms with Gasteiger partial charge in [0, 0.05) is 12.3 Å². The normalized spacial score (nSPS) is 20.6. The molecule has 136 valence electrons. The SMILES string of the molecule is O=C(OCc1ccccc1)N1C=CC(F)(F)C(F)(F)C1c1ccccc1. The number of nitrogens with zero attached hydrogens (tertiary/aromatic N) is 1. The Labute approximate surface area is 147 Å². The number of carbonyl (C=O) groups excluding carboxylic acids is 1. The molecule has 0 aliphatic carbocycles. The number of carbonyl (C=O) groups is 1. The first-order chi connectivity index (χ1) is 12.3. The lowest BCUT2D eigenvalue weighted by molar-refractivity contribution is -0.218. The lowest BCUT2D eigenvalue weighted by Crippen LogP contribution is -2.54. The average molecular weight is 365 g/mol. The van der Waals surface area contributed by atoms with Gasteiger partial charge in [-0.2, -0.15) is 17.6 Å². The summed E-state index contributed by atoms with van der Waals surface area (Å²) in [6.07, 6.45) is -0.451. The number of hydrogen-bond acceptors (Lipinski definition) is 2. The van der Waals surface area contributed by atoms with Crippen LogP contribution >= 0.6 is 0 Å². The molecule has 26 heavy (non-hydrogen) atoms. The second-order valence-electron chi connectivity index (χ2n) is 5.82. The number of rotatable bonds is 3. The maximum Gasteiger partial charge on any atom is 0.414 e. The molecule has 2 aromatic rings. The van der Waals surface area contributed by atoms with Crippen LogP contribution in [0.5, 0.6) is 0 Å². The van der Waals surface area contributed by atoms with E-state index in [1.165, 1.54) is 24.3 Å². The summed E-state index contributed by atoms with van der Waals surface area (Å²) in [5.41, 5.74) is 0.536. The summed E-state index contributed by atoms with van der Waals surface area (Å²) in [4.78, 5) is 12.8. The van der Waals surface area contributed by atoms with Gasteiger partial charge < -0.3 is 4.74 Å². The van der Waals surface area contributed by atoms with E-state index in [0.717, 1.165) is 0 Å². The Kier molecular flexibility index (Phi) is 4.71. The molecule has 0 radical (unpaired) electrons. The van der Waals surface area contributed by atoms with E-state index >= 15 is 0 Å². The Morgan fingerprint density at radius 1 is 0.962 bits per heavy atom. The molecule has 7 heteroatoms. The van der Waals surface area contributed by atoms with Gasteiger partial charge in [0.1, 0.15) is 12.6 Å². The van der Waals surface area contributed by atoms with Gasteiger partial charge in [0.15, 0.2) is 0 Å². The summed E-state index contributed by atoms with van der Waals surface area (Å²) < 4.78 is 61.5. The van der Waals surface area contributed by atoms with Crippen LogP contribution in [0.3, 0.4) is 0 Å². The Hall–Kier alpha value is -2.83. The molecule has 1 aliphatic heterocycles. The molecule has 0 aromatic heterocycles. The Bertz CT molecular complexity index is 794. The fourth-order valence-corrected chi connectivity index (χ4v) is 2.69. The summed E-state index contributed by atoms with van der Waals surface area (Å²) in [5, 5.41) is 0. The lowest BCUT2D eigenvalue weighted by Gasteiger charge is -2.40. The summed E-state index contributed by atoms with van der Waals surface area (Å²) in [5.74, 6) is -8.88. The van der Waals surface area contributed by atoms with Gasteiger partial charge in [0.2, 0.25) is 0 Å². The number of alkyl halides is 4. The van der Waals surface area contributed by atoms with Crippen LogP contribution in [0, 0.1) is 0 Å². The van der Waals surface area contributed by atoms with Gasteiger partial charge in [-0.25, -0.2) is 4.79 Å². The summed E-state index contributed by atoms with van der Waals surface area (Å²) in [6.45, 7) is -0.159. The molecule has 0 saturated heterocycles. The van der Waals surface area contributed by atoms with E-state index in [4.69, 9.17) is 4.74 Å². The van der Waals surface area contributed by atoms with Crippen LogP contribution in [0.2, 0.25) is 0 Å². The molecule has 0 bridgehead atoms. The van der Waals surface area contributed by atoms with Crippen molar-refractivity contribution in [2.24, 2.45) is 0 Å². The van der Waals surface area contributed by atoms with Gasteiger partial charge in [0.05, 0.1) is 0 Å². The van der Waals surface area contributed by atoms with Gasteiger partial charge in [-0.05, 0) is 11.1 Å². The fraction of sp³-hybridized carbons (Fsp3) is 0.211. The third kappa shape index (κ3) is 3.29. The molecule has 1 unspecified atom stereocenters. The largest absolute Gasteiger partial charge is 0.444 e. The molecular weight excluding hydrogens is 350 g/mol. The standard InChI is InChI=1S/C19H15F4NO2/c20-18(21)11-12-24(17(25)26-13-14-7-3-1-4-8-14)16(19(18,22)23)15-9-5-2-6-10-15/h1-12,16H,13H2. The van der Waals surface area contributed by atoms with Crippen LogP contribution in [-0.4, -0.2) is 22.8 Å². The minimum absolute atomic E-state index is 0.0240. The molecule has 0 spiro atoms. The second kappa shape index (κ2) is 6.82. The highest BCUT2D eigenvalue weighted by molar-refractivity contribution is 5.70. The number of halogens is 4. The molecule has 0 fully saturated rings. The monoisotopic (exact) mass is 365 g/mol. The lowest BCUT2D eigenvalue weighted by atomic mass is 9.92. The Morgan fingerprint density at radius 2 is 1.54 bits per heavy atom. The number of amides is 1. The number of benzene rings is 2. The maximum atomic E-state index is 14.5. The number of ether oxygens (including phenoxy) is 1. The average Bonchev–Trinajstić information content (AvgIpc) is 2.63. The van der Waals surface area contributed by atoms with Crippen molar-refractivity contribution >= 4 is 6.09 Å². The molecule has 1 amide bonds. The zero-order valence-electron chi connectivity index (χ0n) is 13.5. The van der Waals surface area contributed by atoms with Crippen LogP contribution in [0.25, 0.3) is 0 Å². The molecule has 3 rings (SSSR count). The summed E-state index contributed by atoms with van der Waals surface area (Å²) in [7, 11) is 0. The van der Waals surface area contributed by atoms with Crippen molar-refractivity contribution in [1.82, 2.24) is 4.90 Å². The minimum atomic E-state index is -4.49. The smallest absolute Gasteiger partial charge is 0.414 e. The highest BCUT2D eigenvalue weighted by Crippen LogP contribution is 2.50. The molecule has 0 saturated carbocycles. The molecule has 1 aliphatic rings. The van der Waals surface area contributed by atoms with Crippen LogP contribution in [-0.2, 0) is 11.3 Å². The maximum absolute atomic E-state index is 14.5. The quantitative estimate of drug-likeness (QED) is 0.703. The van der Waals surface area contributed by atoms with E-state index in [2.05, 4.69) is 0 Å². The summed E-state index contributed by atoms with van der Waals surface area (Å²) in [6, 6.07) is 13.4. The van der Waals surface area contributed by atoms with Gasteiger partial charge in [0.25, 0.3) is 0 Å². The van der Waals surface area contributed by atoms with E-state index in [9.17, 15) is 22.4 Å². The van der Waals surface area contributed by atoms with E-state index in [1.54, 1.807) is 36.4 Å². The zero-order chi connectivity index (χ0) is 18.8. The molecule has 1 heterocycles. The van der Waals surface area contributed by atoms with E-state index < -0.39 is 24.0 Å². The Balaban J connectivity index is 1.89. The van der Waals surface area contributed by atoms with Crippen LogP contribution < -0.4 is 0 Å². The third-order valence-corrected chi connectivity index (χ3v) is 4.04. The second-order valence-corrected chi connectivity index (χ2v) is 5.82. The van der Waals surface area contributed by atoms with Crippen LogP contribution in [0.15, 0.2) is 72.9 Å². The van der Waals surface area contributed by atoms with Gasteiger partial charge >= 0.3 is 17.9 Å². The predicted octanol–water partition coefficient (Wildman–Crippen LogP) is 5.16. The topological polar surface area (TPSA) is 29.5 Å². The minimum Gasteiger partial charge on any atom is -0.444 e. The molecule has 2 aromatic carbocycles. The van der Waals surface area contributed by atoms with Crippen molar-refractivity contribution < 1.29 is 27.1 Å². The third-order valence-electron chi connectivity index (χ3n) is 4.04. The highest BCUT2D eigenvalue weighted by atomic mass is 19.3. The summed E-state index contributed by atoms with van der Waals surface area (Å²) >= 11 is 0. The number of hydrogen-bond donors (Lipinski definition) is 0. The van der Waals surface area contributed by atoms with Crippen molar-refractivity contribution in [3.8, 4) is 0 Å². The van der Waals surface area contributed by atoms with E-state index in [1.807, 2.05) is 0 Å². The molecule has 1 atom stereocenters. The van der Waals surface area contributed by atoms with Gasteiger partial charge in [-0.1, -0.05) is 60.7 Å². The van der Waals surface area contributed by atoms with Crippen LogP contribution in [0.1, 0.15) is 17.2 Å². The zero-order valence-corrected chi connectivity index (χ0v) is 13.5. The van der Waals surface area contributed by atoms with Crippen molar-refractivity contribution in [1.29, 1.82) is 0 Å². The van der Waals surface area contributed by atoms with Gasteiger partial charge in [-0.3, -0.25) is 4.90 Å². The van der Waals surface area contributed by atoms with Gasteiger partial charge in [-0.15, -0.1) is 0 Å². The van der Waals surface area contributed by atoms with Crippen molar-refractivity contribution in [2.45, 2.75) is 24.5 Å². The van der Waals surface area contributed by atoms with E-state index in [-0.39, 0.29) is 18.2 Å². The van der Waals surface area contributed by atoms with Crippen molar-refractivity contribution in [3.05, 3.63) is 84.1 Å². The molecule has 3 nitrogen and oxygen atoms in total. The number of allylic oxidation sites excluding steroid dienone is 1. The predicted molar refractivity (Wildman–Crippen MR) is 86.7 cm³/mol. The highest BCUT2D eigenvalue weighted by Gasteiger charge is 2.64. The molecule has 0 N–H and O–H groups in total. The molecular formula is C19H15F4NO2. The van der Waals surface area contributed by atoms with Crippen LogP contribution in [0.4, 0.5) is 22.4 Å². The van der Waals surface area contributed by atoms with Crippen molar-refractivity contribution in [2.75, 3.05) is 0 Å². The first kappa shape index (κ1) is 18.0. The first-order valence-electron chi connectivity index (χ1n) is 7.82. The Morgan fingerprint density at radius 3 is 2.15 bits per heavy atom. The fourth-order valence-electron chi connectivity index (χ4n) is 2.69. The van der Waals surface area contributed by atoms with Crippen molar-refractivity contribution in [3.63, 3.8) is 0 Å². The first-order valence-corrected chi connectivity index (χ1v) is 7.82.